The Balaban J connectivity index is 5.35. The average Bonchev–Trinajstić information content (AvgIpc) is 2.46. The molecule has 0 rings (SSSR count). The fraction of sp³-hybridized carbons (Fsp3) is 0.667. The van der Waals surface area contributed by atoms with Crippen molar-refractivity contribution in [3.63, 3.8) is 0 Å². The van der Waals surface area contributed by atoms with Crippen molar-refractivity contribution in [3.05, 3.63) is 12.2 Å². The first kappa shape index (κ1) is 23.6. The van der Waals surface area contributed by atoms with Gasteiger partial charge in [-0.2, -0.15) is 0 Å². The minimum atomic E-state index is -1.18. The second kappa shape index (κ2) is 9.94. The molecular weight excluding hydrogens is 342 g/mol. The Morgan fingerprint density at radius 1 is 1.00 bits per heavy atom. The van der Waals surface area contributed by atoms with Crippen LogP contribution in [0, 0.1) is 0 Å². The maximum atomic E-state index is 12.5. The van der Waals surface area contributed by atoms with Gasteiger partial charge in [-0.1, -0.05) is 6.08 Å². The smallest absolute Gasteiger partial charge is 0.417 e. The highest BCUT2D eigenvalue weighted by atomic mass is 16.6. The minimum absolute atomic E-state index is 0.0698. The van der Waals surface area contributed by atoms with Crippen molar-refractivity contribution >= 4 is 24.4 Å². The summed E-state index contributed by atoms with van der Waals surface area (Å²) in [5, 5.41) is 0. The molecule has 0 unspecified atom stereocenters. The zero-order valence-electron chi connectivity index (χ0n) is 16.5. The number of imide groups is 1. The molecule has 0 aliphatic rings. The fourth-order valence-electron chi connectivity index (χ4n) is 1.80. The molecule has 0 spiro atoms. The predicted molar refractivity (Wildman–Crippen MR) is 94.2 cm³/mol. The Bertz CT molecular complexity index is 541. The van der Waals surface area contributed by atoms with Crippen LogP contribution in [-0.2, 0) is 28.6 Å². The zero-order chi connectivity index (χ0) is 20.5. The predicted octanol–water partition coefficient (Wildman–Crippen LogP) is 2.60. The number of hydrogen-bond acceptors (Lipinski definition) is 7. The molecule has 0 bridgehead atoms. The summed E-state index contributed by atoms with van der Waals surface area (Å²) in [6.07, 6.45) is 2.30. The lowest BCUT2D eigenvalue weighted by atomic mass is 10.1. The van der Waals surface area contributed by atoms with Crippen molar-refractivity contribution in [3.8, 4) is 0 Å². The van der Waals surface area contributed by atoms with Crippen molar-refractivity contribution in [2.24, 2.45) is 0 Å². The van der Waals surface area contributed by atoms with E-state index in [4.69, 9.17) is 9.47 Å². The van der Waals surface area contributed by atoms with Crippen LogP contribution in [0.3, 0.4) is 0 Å². The van der Waals surface area contributed by atoms with Gasteiger partial charge in [0.1, 0.15) is 17.2 Å². The van der Waals surface area contributed by atoms with Crippen molar-refractivity contribution in [2.75, 3.05) is 7.11 Å². The van der Waals surface area contributed by atoms with Gasteiger partial charge in [-0.25, -0.2) is 19.3 Å². The van der Waals surface area contributed by atoms with E-state index >= 15 is 0 Å². The number of amides is 2. The topological polar surface area (TPSA) is 99.2 Å². The summed E-state index contributed by atoms with van der Waals surface area (Å²) < 4.78 is 14.9. The number of carbonyl (C=O) groups excluding carboxylic acids is 4. The van der Waals surface area contributed by atoms with Crippen LogP contribution in [0.1, 0.15) is 54.4 Å². The second-order valence-corrected chi connectivity index (χ2v) is 7.55. The third-order valence-electron chi connectivity index (χ3n) is 2.79. The zero-order valence-corrected chi connectivity index (χ0v) is 16.5. The number of esters is 2. The number of allylic oxidation sites excluding steroid dienone is 1. The normalized spacial score (nSPS) is 13.0. The average molecular weight is 371 g/mol. The van der Waals surface area contributed by atoms with Crippen LogP contribution < -0.4 is 0 Å². The molecule has 0 fully saturated rings. The van der Waals surface area contributed by atoms with Crippen LogP contribution in [0.5, 0.6) is 0 Å². The molecule has 2 amide bonds. The largest absolute Gasteiger partial charge is 0.466 e. The van der Waals surface area contributed by atoms with Gasteiger partial charge in [-0.3, -0.25) is 4.79 Å². The van der Waals surface area contributed by atoms with Gasteiger partial charge in [0, 0.05) is 6.08 Å². The van der Waals surface area contributed by atoms with E-state index in [1.807, 2.05) is 0 Å². The molecule has 0 aromatic carbocycles. The third kappa shape index (κ3) is 9.80. The molecule has 26 heavy (non-hydrogen) atoms. The van der Waals surface area contributed by atoms with Crippen LogP contribution in [0.25, 0.3) is 0 Å². The summed E-state index contributed by atoms with van der Waals surface area (Å²) in [6, 6.07) is -1.18. The Hall–Kier alpha value is -2.38. The van der Waals surface area contributed by atoms with Gasteiger partial charge in [0.25, 0.3) is 0 Å². The molecule has 0 aliphatic carbocycles. The van der Waals surface area contributed by atoms with Crippen LogP contribution in [-0.4, -0.2) is 53.7 Å². The lowest BCUT2D eigenvalue weighted by molar-refractivity contribution is -0.162. The molecule has 0 saturated carbocycles. The summed E-state index contributed by atoms with van der Waals surface area (Å²) in [5.41, 5.74) is -1.62. The van der Waals surface area contributed by atoms with Crippen molar-refractivity contribution < 1.29 is 33.4 Å². The first-order valence-electron chi connectivity index (χ1n) is 8.24. The summed E-state index contributed by atoms with van der Waals surface area (Å²) in [5.74, 6) is -1.28. The van der Waals surface area contributed by atoms with Gasteiger partial charge in [0.05, 0.1) is 7.11 Å². The molecule has 1 atom stereocenters. The molecule has 0 radical (unpaired) electrons. The van der Waals surface area contributed by atoms with Crippen molar-refractivity contribution in [1.29, 1.82) is 0 Å². The van der Waals surface area contributed by atoms with E-state index in [2.05, 4.69) is 4.74 Å². The Morgan fingerprint density at radius 3 is 1.96 bits per heavy atom. The van der Waals surface area contributed by atoms with Crippen LogP contribution in [0.2, 0.25) is 0 Å². The van der Waals surface area contributed by atoms with Gasteiger partial charge >= 0.3 is 18.0 Å². The van der Waals surface area contributed by atoms with Crippen molar-refractivity contribution in [2.45, 2.75) is 71.6 Å². The molecule has 0 aromatic rings. The van der Waals surface area contributed by atoms with E-state index < -0.39 is 35.3 Å². The van der Waals surface area contributed by atoms with E-state index in [0.29, 0.717) is 4.90 Å². The molecule has 0 heterocycles. The Labute approximate surface area is 154 Å². The number of hydrogen-bond donors (Lipinski definition) is 0. The highest BCUT2D eigenvalue weighted by molar-refractivity contribution is 5.89. The lowest BCUT2D eigenvalue weighted by Gasteiger charge is -2.30. The number of nitrogens with zero attached hydrogens (tertiary/aromatic N) is 1. The van der Waals surface area contributed by atoms with E-state index in [9.17, 15) is 19.2 Å². The Morgan fingerprint density at radius 2 is 1.54 bits per heavy atom. The summed E-state index contributed by atoms with van der Waals surface area (Å²) in [6.45, 7) is 9.98. The quantitative estimate of drug-likeness (QED) is 0.293. The molecule has 0 saturated heterocycles. The van der Waals surface area contributed by atoms with E-state index in [1.54, 1.807) is 41.5 Å². The molecule has 8 heteroatoms. The first-order valence-corrected chi connectivity index (χ1v) is 8.24. The van der Waals surface area contributed by atoms with Gasteiger partial charge in [0.15, 0.2) is 0 Å². The molecule has 0 N–H and O–H groups in total. The number of carbonyl (C=O) groups is 4. The Kier molecular flexibility index (Phi) is 9.03. The summed E-state index contributed by atoms with van der Waals surface area (Å²) in [4.78, 5) is 47.9. The van der Waals surface area contributed by atoms with Crippen molar-refractivity contribution in [1.82, 2.24) is 4.90 Å². The SMILES string of the molecule is COC(=O)/C=C/CC[C@@H](C(=O)OC(C)(C)C)N(C=O)C(=O)OC(C)(C)C. The van der Waals surface area contributed by atoms with Gasteiger partial charge < -0.3 is 14.2 Å². The molecule has 148 valence electrons. The van der Waals surface area contributed by atoms with Gasteiger partial charge in [-0.05, 0) is 54.4 Å². The highest BCUT2D eigenvalue weighted by Gasteiger charge is 2.35. The number of methoxy groups -OCH3 is 1. The molecule has 0 aromatic heterocycles. The highest BCUT2D eigenvalue weighted by Crippen LogP contribution is 2.17. The standard InChI is InChI=1S/C18H29NO7/c1-17(2,3)25-15(22)13(10-8-9-11-14(21)24-7)19(12-20)16(23)26-18(4,5)6/h9,11-13H,8,10H2,1-7H3/b11-9+/t13-/m0/s1. The van der Waals surface area contributed by atoms with Gasteiger partial charge in [-0.15, -0.1) is 0 Å². The summed E-state index contributed by atoms with van der Waals surface area (Å²) >= 11 is 0. The molecule has 0 aliphatic heterocycles. The van der Waals surface area contributed by atoms with Crippen LogP contribution >= 0.6 is 0 Å². The van der Waals surface area contributed by atoms with Crippen LogP contribution in [0.15, 0.2) is 12.2 Å². The molecular formula is C18H29NO7. The van der Waals surface area contributed by atoms with Gasteiger partial charge in [0.2, 0.25) is 6.41 Å². The van der Waals surface area contributed by atoms with E-state index in [0.717, 1.165) is 0 Å². The fourth-order valence-corrected chi connectivity index (χ4v) is 1.80. The first-order chi connectivity index (χ1) is 11.8. The second-order valence-electron chi connectivity index (χ2n) is 7.55. The third-order valence-corrected chi connectivity index (χ3v) is 2.79. The number of ether oxygens (including phenoxy) is 3. The summed E-state index contributed by atoms with van der Waals surface area (Å²) in [7, 11) is 1.24. The number of rotatable bonds is 7. The maximum absolute atomic E-state index is 12.5. The maximum Gasteiger partial charge on any atom is 0.417 e. The van der Waals surface area contributed by atoms with E-state index in [-0.39, 0.29) is 19.3 Å². The lowest BCUT2D eigenvalue weighted by Crippen LogP contribution is -2.48. The minimum Gasteiger partial charge on any atom is -0.466 e. The van der Waals surface area contributed by atoms with Crippen LogP contribution in [0.4, 0.5) is 4.79 Å². The molecule has 8 nitrogen and oxygen atoms in total. The monoisotopic (exact) mass is 371 g/mol. The van der Waals surface area contributed by atoms with E-state index in [1.165, 1.54) is 19.3 Å².